The standard InChI is InChI=1S/C10H11NOS/c1-2-6-5-8-7(3-4-13-8)9(11)10(6)12/h3-5,12H,2,11H2,1H3. The van der Waals surface area contributed by atoms with Crippen LogP contribution < -0.4 is 5.73 Å². The summed E-state index contributed by atoms with van der Waals surface area (Å²) >= 11 is 1.65. The summed E-state index contributed by atoms with van der Waals surface area (Å²) in [5.41, 5.74) is 7.23. The lowest BCUT2D eigenvalue weighted by Gasteiger charge is -2.05. The SMILES string of the molecule is CCc1cc2sccc2c(N)c1O. The van der Waals surface area contributed by atoms with Gasteiger partial charge in [0.1, 0.15) is 5.75 Å². The van der Waals surface area contributed by atoms with Crippen LogP contribution in [0.4, 0.5) is 5.69 Å². The Bertz CT molecular complexity index is 447. The second-order valence-electron chi connectivity index (χ2n) is 2.98. The molecule has 0 unspecified atom stereocenters. The summed E-state index contributed by atoms with van der Waals surface area (Å²) in [7, 11) is 0. The van der Waals surface area contributed by atoms with Gasteiger partial charge in [0, 0.05) is 10.1 Å². The van der Waals surface area contributed by atoms with Crippen LogP contribution in [0.3, 0.4) is 0 Å². The van der Waals surface area contributed by atoms with Crippen molar-refractivity contribution < 1.29 is 5.11 Å². The van der Waals surface area contributed by atoms with Crippen molar-refractivity contribution in [1.29, 1.82) is 0 Å². The molecule has 0 atom stereocenters. The summed E-state index contributed by atoms with van der Waals surface area (Å²) in [5, 5.41) is 12.6. The summed E-state index contributed by atoms with van der Waals surface area (Å²) in [6, 6.07) is 3.94. The molecule has 0 aliphatic carbocycles. The van der Waals surface area contributed by atoms with E-state index in [4.69, 9.17) is 5.73 Å². The first-order chi connectivity index (χ1) is 6.24. The largest absolute Gasteiger partial charge is 0.505 e. The second-order valence-corrected chi connectivity index (χ2v) is 3.93. The number of hydrogen-bond acceptors (Lipinski definition) is 3. The van der Waals surface area contributed by atoms with E-state index in [-0.39, 0.29) is 5.75 Å². The number of fused-ring (bicyclic) bond motifs is 1. The molecule has 0 aliphatic rings. The maximum absolute atomic E-state index is 9.69. The molecule has 0 saturated carbocycles. The molecule has 2 rings (SSSR count). The van der Waals surface area contributed by atoms with Crippen LogP contribution in [0.1, 0.15) is 12.5 Å². The van der Waals surface area contributed by atoms with Crippen LogP contribution in [0.2, 0.25) is 0 Å². The van der Waals surface area contributed by atoms with E-state index in [1.54, 1.807) is 11.3 Å². The number of rotatable bonds is 1. The number of anilines is 1. The minimum atomic E-state index is 0.244. The van der Waals surface area contributed by atoms with Crippen molar-refractivity contribution in [2.45, 2.75) is 13.3 Å². The number of aromatic hydroxyl groups is 1. The van der Waals surface area contributed by atoms with Gasteiger partial charge < -0.3 is 10.8 Å². The van der Waals surface area contributed by atoms with E-state index in [0.29, 0.717) is 5.69 Å². The highest BCUT2D eigenvalue weighted by atomic mass is 32.1. The number of benzene rings is 1. The molecule has 13 heavy (non-hydrogen) atoms. The molecule has 68 valence electrons. The van der Waals surface area contributed by atoms with E-state index in [2.05, 4.69) is 0 Å². The van der Waals surface area contributed by atoms with Crippen molar-refractivity contribution >= 4 is 27.1 Å². The third kappa shape index (κ3) is 1.16. The van der Waals surface area contributed by atoms with Gasteiger partial charge >= 0.3 is 0 Å². The van der Waals surface area contributed by atoms with Crippen molar-refractivity contribution in [3.05, 3.63) is 23.1 Å². The van der Waals surface area contributed by atoms with Gasteiger partial charge in [0.25, 0.3) is 0 Å². The van der Waals surface area contributed by atoms with Crippen LogP contribution in [0.25, 0.3) is 10.1 Å². The lowest BCUT2D eigenvalue weighted by atomic mass is 10.1. The Morgan fingerprint density at radius 2 is 2.31 bits per heavy atom. The molecular formula is C10H11NOS. The lowest BCUT2D eigenvalue weighted by Crippen LogP contribution is -1.90. The molecule has 0 bridgehead atoms. The molecule has 1 heterocycles. The number of nitrogen functional groups attached to an aromatic ring is 1. The van der Waals surface area contributed by atoms with Gasteiger partial charge in [-0.2, -0.15) is 0 Å². The molecule has 1 aromatic carbocycles. The molecule has 3 heteroatoms. The van der Waals surface area contributed by atoms with Crippen molar-refractivity contribution in [3.8, 4) is 5.75 Å². The molecule has 1 aromatic heterocycles. The van der Waals surface area contributed by atoms with Gasteiger partial charge in [0.2, 0.25) is 0 Å². The molecule has 0 fully saturated rings. The quantitative estimate of drug-likeness (QED) is 0.540. The molecule has 2 aromatic rings. The fourth-order valence-corrected chi connectivity index (χ4v) is 2.32. The number of phenols is 1. The molecule has 0 amide bonds. The topological polar surface area (TPSA) is 46.2 Å². The fraction of sp³-hybridized carbons (Fsp3) is 0.200. The number of nitrogens with two attached hydrogens (primary N) is 1. The van der Waals surface area contributed by atoms with E-state index in [0.717, 1.165) is 22.1 Å². The third-order valence-corrected chi connectivity index (χ3v) is 3.09. The third-order valence-electron chi connectivity index (χ3n) is 2.23. The van der Waals surface area contributed by atoms with Crippen LogP contribution in [0.15, 0.2) is 17.5 Å². The van der Waals surface area contributed by atoms with Gasteiger partial charge in [-0.15, -0.1) is 11.3 Å². The monoisotopic (exact) mass is 193 g/mol. The zero-order chi connectivity index (χ0) is 9.42. The number of hydrogen-bond donors (Lipinski definition) is 2. The predicted molar refractivity (Wildman–Crippen MR) is 57.3 cm³/mol. The van der Waals surface area contributed by atoms with Crippen LogP contribution in [-0.4, -0.2) is 5.11 Å². The average molecular weight is 193 g/mol. The Balaban J connectivity index is 2.83. The van der Waals surface area contributed by atoms with E-state index in [1.807, 2.05) is 24.4 Å². The number of aryl methyl sites for hydroxylation is 1. The molecule has 0 aliphatic heterocycles. The zero-order valence-corrected chi connectivity index (χ0v) is 8.19. The highest BCUT2D eigenvalue weighted by molar-refractivity contribution is 7.17. The molecule has 0 radical (unpaired) electrons. The van der Waals surface area contributed by atoms with Gasteiger partial charge in [-0.3, -0.25) is 0 Å². The predicted octanol–water partition coefficient (Wildman–Crippen LogP) is 2.75. The first-order valence-electron chi connectivity index (χ1n) is 4.21. The van der Waals surface area contributed by atoms with Crippen molar-refractivity contribution in [2.24, 2.45) is 0 Å². The van der Waals surface area contributed by atoms with Crippen molar-refractivity contribution in [1.82, 2.24) is 0 Å². The highest BCUT2D eigenvalue weighted by Crippen LogP contribution is 2.36. The first-order valence-corrected chi connectivity index (χ1v) is 5.09. The van der Waals surface area contributed by atoms with Crippen LogP contribution in [0, 0.1) is 0 Å². The molecule has 2 nitrogen and oxygen atoms in total. The van der Waals surface area contributed by atoms with E-state index in [1.165, 1.54) is 0 Å². The minimum Gasteiger partial charge on any atom is -0.505 e. The maximum Gasteiger partial charge on any atom is 0.142 e. The van der Waals surface area contributed by atoms with Gasteiger partial charge in [-0.05, 0) is 29.5 Å². The van der Waals surface area contributed by atoms with Crippen molar-refractivity contribution in [2.75, 3.05) is 5.73 Å². The normalized spacial score (nSPS) is 10.8. The molecular weight excluding hydrogens is 182 g/mol. The Labute approximate surface area is 80.6 Å². The van der Waals surface area contributed by atoms with Gasteiger partial charge in [-0.25, -0.2) is 0 Å². The van der Waals surface area contributed by atoms with Gasteiger partial charge in [0.05, 0.1) is 5.69 Å². The summed E-state index contributed by atoms with van der Waals surface area (Å²) in [5.74, 6) is 0.244. The summed E-state index contributed by atoms with van der Waals surface area (Å²) in [6.07, 6.45) is 0.809. The fourth-order valence-electron chi connectivity index (χ4n) is 1.45. The average Bonchev–Trinajstić information content (AvgIpc) is 2.59. The van der Waals surface area contributed by atoms with E-state index in [9.17, 15) is 5.11 Å². The van der Waals surface area contributed by atoms with Crippen LogP contribution in [0.5, 0.6) is 5.75 Å². The Hall–Kier alpha value is -1.22. The smallest absolute Gasteiger partial charge is 0.142 e. The second kappa shape index (κ2) is 2.92. The van der Waals surface area contributed by atoms with Gasteiger partial charge in [0.15, 0.2) is 0 Å². The lowest BCUT2D eigenvalue weighted by molar-refractivity contribution is 0.472. The Kier molecular flexibility index (Phi) is 1.88. The molecule has 0 saturated heterocycles. The first kappa shape index (κ1) is 8.38. The van der Waals surface area contributed by atoms with Gasteiger partial charge in [-0.1, -0.05) is 6.92 Å². The van der Waals surface area contributed by atoms with E-state index >= 15 is 0 Å². The van der Waals surface area contributed by atoms with Crippen LogP contribution in [-0.2, 0) is 6.42 Å². The summed E-state index contributed by atoms with van der Waals surface area (Å²) in [6.45, 7) is 2.01. The highest BCUT2D eigenvalue weighted by Gasteiger charge is 2.08. The minimum absolute atomic E-state index is 0.244. The molecule has 0 spiro atoms. The Morgan fingerprint density at radius 3 is 3.00 bits per heavy atom. The number of thiophene rings is 1. The summed E-state index contributed by atoms with van der Waals surface area (Å²) in [4.78, 5) is 0. The maximum atomic E-state index is 9.69. The summed E-state index contributed by atoms with van der Waals surface area (Å²) < 4.78 is 1.15. The van der Waals surface area contributed by atoms with Crippen molar-refractivity contribution in [3.63, 3.8) is 0 Å². The van der Waals surface area contributed by atoms with Crippen LogP contribution >= 0.6 is 11.3 Å². The Morgan fingerprint density at radius 1 is 1.54 bits per heavy atom. The zero-order valence-electron chi connectivity index (χ0n) is 7.37. The number of phenolic OH excluding ortho intramolecular Hbond substituents is 1. The molecule has 3 N–H and O–H groups in total. The van der Waals surface area contributed by atoms with E-state index < -0.39 is 0 Å².